The summed E-state index contributed by atoms with van der Waals surface area (Å²) in [6.07, 6.45) is 1.26. The highest BCUT2D eigenvalue weighted by Crippen LogP contribution is 2.50. The molecule has 2 bridgehead atoms. The monoisotopic (exact) mass is 304 g/mol. The predicted molar refractivity (Wildman–Crippen MR) is 75.3 cm³/mol. The van der Waals surface area contributed by atoms with Crippen LogP contribution in [0.4, 0.5) is 0 Å². The van der Waals surface area contributed by atoms with Gasteiger partial charge in [0, 0.05) is 12.1 Å². The van der Waals surface area contributed by atoms with Crippen LogP contribution in [0.25, 0.3) is 0 Å². The van der Waals surface area contributed by atoms with Crippen molar-refractivity contribution in [3.05, 3.63) is 29.8 Å². The Morgan fingerprint density at radius 3 is 2.73 bits per heavy atom. The van der Waals surface area contributed by atoms with E-state index in [9.17, 15) is 14.4 Å². The molecule has 116 valence electrons. The second-order valence-corrected chi connectivity index (χ2v) is 5.80. The van der Waals surface area contributed by atoms with Crippen molar-refractivity contribution >= 4 is 17.8 Å². The second-order valence-electron chi connectivity index (χ2n) is 5.80. The molecule has 1 aromatic rings. The van der Waals surface area contributed by atoms with E-state index in [-0.39, 0.29) is 5.91 Å². The number of nitrogens with two attached hydrogens (primary N) is 1. The maximum Gasteiger partial charge on any atom is 0.341 e. The van der Waals surface area contributed by atoms with Gasteiger partial charge in [0.25, 0.3) is 5.91 Å². The number of amides is 2. The van der Waals surface area contributed by atoms with Gasteiger partial charge in [0.1, 0.15) is 11.3 Å². The van der Waals surface area contributed by atoms with Crippen LogP contribution in [-0.4, -0.2) is 46.5 Å². The molecule has 0 unspecified atom stereocenters. The van der Waals surface area contributed by atoms with E-state index in [0.29, 0.717) is 36.6 Å². The van der Waals surface area contributed by atoms with Gasteiger partial charge in [-0.05, 0) is 37.0 Å². The van der Waals surface area contributed by atoms with Crippen molar-refractivity contribution in [3.8, 4) is 5.75 Å². The van der Waals surface area contributed by atoms with Crippen LogP contribution < -0.4 is 10.5 Å². The van der Waals surface area contributed by atoms with Gasteiger partial charge >= 0.3 is 5.97 Å². The van der Waals surface area contributed by atoms with E-state index in [2.05, 4.69) is 0 Å². The minimum Gasteiger partial charge on any atom is -0.482 e. The number of hydrogen-bond donors (Lipinski definition) is 2. The number of carbonyl (C=O) groups is 3. The van der Waals surface area contributed by atoms with E-state index in [4.69, 9.17) is 15.6 Å². The van der Waals surface area contributed by atoms with Gasteiger partial charge < -0.3 is 20.5 Å². The van der Waals surface area contributed by atoms with Gasteiger partial charge in [-0.3, -0.25) is 9.59 Å². The number of benzene rings is 1. The van der Waals surface area contributed by atoms with Crippen molar-refractivity contribution in [2.24, 2.45) is 11.7 Å². The summed E-state index contributed by atoms with van der Waals surface area (Å²) in [5.41, 5.74) is 4.97. The van der Waals surface area contributed by atoms with Crippen LogP contribution in [0.5, 0.6) is 5.75 Å². The molecule has 7 heteroatoms. The Labute approximate surface area is 126 Å². The Morgan fingerprint density at radius 2 is 2.09 bits per heavy atom. The number of carboxylic acid groups (broad SMARTS) is 1. The zero-order valence-corrected chi connectivity index (χ0v) is 11.8. The number of nitrogens with zero attached hydrogens (tertiary/aromatic N) is 1. The molecular weight excluding hydrogens is 288 g/mol. The van der Waals surface area contributed by atoms with Crippen molar-refractivity contribution < 1.29 is 24.2 Å². The molecule has 1 aromatic carbocycles. The molecule has 1 aliphatic carbocycles. The molecule has 3 N–H and O–H groups in total. The third kappa shape index (κ3) is 2.18. The normalized spacial score (nSPS) is 25.5. The first-order valence-corrected chi connectivity index (χ1v) is 6.99. The lowest BCUT2D eigenvalue weighted by molar-refractivity contribution is -0.139. The van der Waals surface area contributed by atoms with Crippen LogP contribution in [-0.2, 0) is 9.59 Å². The van der Waals surface area contributed by atoms with Crippen molar-refractivity contribution in [2.75, 3.05) is 13.2 Å². The first kappa shape index (κ1) is 14.4. The summed E-state index contributed by atoms with van der Waals surface area (Å²) >= 11 is 0. The summed E-state index contributed by atoms with van der Waals surface area (Å²) in [6.45, 7) is 0.0522. The molecule has 2 heterocycles. The first-order valence-electron chi connectivity index (χ1n) is 6.99. The molecule has 3 aliphatic rings. The average molecular weight is 304 g/mol. The van der Waals surface area contributed by atoms with Gasteiger partial charge in [-0.1, -0.05) is 6.07 Å². The average Bonchev–Trinajstić information content (AvgIpc) is 3.00. The topological polar surface area (TPSA) is 110 Å². The molecule has 3 fully saturated rings. The summed E-state index contributed by atoms with van der Waals surface area (Å²) in [5, 5.41) is 8.61. The largest absolute Gasteiger partial charge is 0.482 e. The Kier molecular flexibility index (Phi) is 3.27. The molecule has 7 nitrogen and oxygen atoms in total. The number of aliphatic carboxylic acids is 1. The predicted octanol–water partition coefficient (Wildman–Crippen LogP) is 0.240. The van der Waals surface area contributed by atoms with Crippen molar-refractivity contribution in [1.82, 2.24) is 4.90 Å². The number of carbonyl (C=O) groups excluding carboxylic acids is 2. The standard InChI is InChI=1S/C15H16N2O5/c16-14(21)15-5-9(6-15)7-17(15)13(20)10-2-1-3-11(4-10)22-8-12(18)19/h1-4,9H,5-8H2,(H2,16,21)(H,18,19). The zero-order chi connectivity index (χ0) is 15.9. The van der Waals surface area contributed by atoms with Crippen LogP contribution in [0.15, 0.2) is 24.3 Å². The number of fused-ring (bicyclic) bond motifs is 1. The lowest BCUT2D eigenvalue weighted by Gasteiger charge is -2.38. The van der Waals surface area contributed by atoms with Gasteiger partial charge in [0.15, 0.2) is 6.61 Å². The van der Waals surface area contributed by atoms with Gasteiger partial charge in [-0.2, -0.15) is 0 Å². The zero-order valence-electron chi connectivity index (χ0n) is 11.8. The molecule has 4 rings (SSSR count). The van der Waals surface area contributed by atoms with Gasteiger partial charge in [0.05, 0.1) is 0 Å². The molecule has 2 saturated heterocycles. The number of carboxylic acids is 1. The first-order chi connectivity index (χ1) is 10.4. The fourth-order valence-corrected chi connectivity index (χ4v) is 3.31. The maximum atomic E-state index is 12.6. The quantitative estimate of drug-likeness (QED) is 0.809. The minimum atomic E-state index is -1.09. The van der Waals surface area contributed by atoms with Gasteiger partial charge in [0.2, 0.25) is 5.91 Å². The van der Waals surface area contributed by atoms with Crippen LogP contribution in [0, 0.1) is 5.92 Å². The summed E-state index contributed by atoms with van der Waals surface area (Å²) in [7, 11) is 0. The summed E-state index contributed by atoms with van der Waals surface area (Å²) < 4.78 is 5.07. The highest BCUT2D eigenvalue weighted by atomic mass is 16.5. The van der Waals surface area contributed by atoms with Gasteiger partial charge in [-0.15, -0.1) is 0 Å². The van der Waals surface area contributed by atoms with Crippen LogP contribution in [0.1, 0.15) is 23.2 Å². The number of rotatable bonds is 5. The highest BCUT2D eigenvalue weighted by Gasteiger charge is 2.61. The van der Waals surface area contributed by atoms with E-state index in [1.807, 2.05) is 0 Å². The molecule has 0 radical (unpaired) electrons. The highest BCUT2D eigenvalue weighted by molar-refractivity contribution is 6.00. The van der Waals surface area contributed by atoms with E-state index in [0.717, 1.165) is 0 Å². The molecule has 2 aliphatic heterocycles. The van der Waals surface area contributed by atoms with Crippen LogP contribution in [0.3, 0.4) is 0 Å². The second kappa shape index (κ2) is 5.01. The SMILES string of the molecule is NC(=O)C12CC(CN1C(=O)c1cccc(OCC(=O)O)c1)C2. The van der Waals surface area contributed by atoms with Crippen molar-refractivity contribution in [2.45, 2.75) is 18.4 Å². The maximum absolute atomic E-state index is 12.6. The van der Waals surface area contributed by atoms with Gasteiger partial charge in [-0.25, -0.2) is 4.79 Å². The number of primary amides is 1. The van der Waals surface area contributed by atoms with E-state index < -0.39 is 24.0 Å². The molecule has 2 amide bonds. The van der Waals surface area contributed by atoms with E-state index in [1.54, 1.807) is 18.2 Å². The number of hydrogen-bond acceptors (Lipinski definition) is 4. The van der Waals surface area contributed by atoms with Crippen LogP contribution in [0.2, 0.25) is 0 Å². The fraction of sp³-hybridized carbons (Fsp3) is 0.400. The molecule has 22 heavy (non-hydrogen) atoms. The van der Waals surface area contributed by atoms with E-state index >= 15 is 0 Å². The lowest BCUT2D eigenvalue weighted by Crippen LogP contribution is -2.57. The Hall–Kier alpha value is -2.57. The van der Waals surface area contributed by atoms with Crippen molar-refractivity contribution in [1.29, 1.82) is 0 Å². The molecule has 1 saturated carbocycles. The summed E-state index contributed by atoms with van der Waals surface area (Å²) in [5.74, 6) is -1.20. The number of ether oxygens (including phenoxy) is 1. The summed E-state index contributed by atoms with van der Waals surface area (Å²) in [6, 6.07) is 6.28. The van der Waals surface area contributed by atoms with E-state index in [1.165, 1.54) is 11.0 Å². The Bertz CT molecular complexity index is 651. The van der Waals surface area contributed by atoms with Crippen LogP contribution >= 0.6 is 0 Å². The molecule has 0 atom stereocenters. The van der Waals surface area contributed by atoms with Crippen molar-refractivity contribution in [3.63, 3.8) is 0 Å². The molecule has 0 aromatic heterocycles. The lowest BCUT2D eigenvalue weighted by atomic mass is 9.73. The molecular formula is C15H16N2O5. The minimum absolute atomic E-state index is 0.278. The Balaban J connectivity index is 1.79. The summed E-state index contributed by atoms with van der Waals surface area (Å²) in [4.78, 5) is 36.4. The smallest absolute Gasteiger partial charge is 0.341 e. The Morgan fingerprint density at radius 1 is 1.36 bits per heavy atom. The third-order valence-electron chi connectivity index (χ3n) is 4.36. The molecule has 0 spiro atoms. The fourth-order valence-electron chi connectivity index (χ4n) is 3.31. The third-order valence-corrected chi connectivity index (χ3v) is 4.36.